The Balaban J connectivity index is 1.59. The number of alkyl halides is 1. The van der Waals surface area contributed by atoms with E-state index < -0.39 is 11.3 Å². The maximum absolute atomic E-state index is 16.2. The number of aliphatic hydroxyl groups is 1. The Hall–Kier alpha value is -0.375. The molecule has 2 unspecified atom stereocenters. The first-order chi connectivity index (χ1) is 11.7. The van der Waals surface area contributed by atoms with Crippen molar-refractivity contribution < 1.29 is 14.3 Å². The van der Waals surface area contributed by atoms with E-state index in [9.17, 15) is 9.90 Å². The highest BCUT2D eigenvalue weighted by atomic mass is 19.1. The molecule has 4 fully saturated rings. The fourth-order valence-corrected chi connectivity index (χ4v) is 7.65. The van der Waals surface area contributed by atoms with Crippen molar-refractivity contribution in [1.82, 2.24) is 0 Å². The van der Waals surface area contributed by atoms with Crippen molar-refractivity contribution in [2.45, 2.75) is 89.2 Å². The Morgan fingerprint density at radius 1 is 1.08 bits per heavy atom. The van der Waals surface area contributed by atoms with E-state index in [1.807, 2.05) is 6.92 Å². The summed E-state index contributed by atoms with van der Waals surface area (Å²) in [5, 5.41) is 10.4. The van der Waals surface area contributed by atoms with Crippen molar-refractivity contribution in [2.75, 3.05) is 0 Å². The van der Waals surface area contributed by atoms with Gasteiger partial charge in [-0.1, -0.05) is 6.92 Å². The lowest BCUT2D eigenvalue weighted by Crippen LogP contribution is -2.58. The third-order valence-electron chi connectivity index (χ3n) is 8.90. The van der Waals surface area contributed by atoms with Gasteiger partial charge in [-0.2, -0.15) is 0 Å². The fourth-order valence-electron chi connectivity index (χ4n) is 7.65. The van der Waals surface area contributed by atoms with Gasteiger partial charge < -0.3 is 9.90 Å². The first-order valence-corrected chi connectivity index (χ1v) is 10.4. The minimum Gasteiger partial charge on any atom is -0.390 e. The zero-order valence-corrected chi connectivity index (χ0v) is 15.8. The number of hydrogen-bond donors (Lipinski definition) is 1. The normalized spacial score (nSPS) is 55.1. The van der Waals surface area contributed by atoms with E-state index in [1.165, 1.54) is 0 Å². The predicted molar refractivity (Wildman–Crippen MR) is 97.1 cm³/mol. The van der Waals surface area contributed by atoms with Gasteiger partial charge in [0.05, 0.1) is 13.4 Å². The standard InChI is InChI=1S/C21H32BFO2/c1-19(25)9-10-21(23)13(11-19)3-4-14-15-5-6-17(18(24)12-22)20(15,2)8-7-16(14)21/h13-17,25H,3-12H2,1-2H3/t13-,14+,15?,16?,17-,19-,20+,21-/m1/s1. The van der Waals surface area contributed by atoms with Crippen LogP contribution in [0.3, 0.4) is 0 Å². The fraction of sp³-hybridized carbons (Fsp3) is 0.952. The van der Waals surface area contributed by atoms with Gasteiger partial charge in [-0.3, -0.25) is 0 Å². The molecule has 4 aliphatic rings. The van der Waals surface area contributed by atoms with E-state index in [0.29, 0.717) is 31.1 Å². The van der Waals surface area contributed by atoms with Crippen LogP contribution in [-0.2, 0) is 4.79 Å². The zero-order valence-electron chi connectivity index (χ0n) is 15.8. The van der Waals surface area contributed by atoms with Crippen LogP contribution in [0.5, 0.6) is 0 Å². The second kappa shape index (κ2) is 5.81. The lowest BCUT2D eigenvalue weighted by molar-refractivity contribution is -0.165. The van der Waals surface area contributed by atoms with Crippen LogP contribution in [-0.4, -0.2) is 30.0 Å². The Bertz CT molecular complexity index is 564. The monoisotopic (exact) mass is 346 g/mol. The van der Waals surface area contributed by atoms with E-state index in [2.05, 4.69) is 6.92 Å². The average molecular weight is 346 g/mol. The summed E-state index contributed by atoms with van der Waals surface area (Å²) in [6.07, 6.45) is 7.69. The Morgan fingerprint density at radius 2 is 1.84 bits per heavy atom. The van der Waals surface area contributed by atoms with Gasteiger partial charge in [0.15, 0.2) is 0 Å². The number of hydrogen-bond acceptors (Lipinski definition) is 2. The highest BCUT2D eigenvalue weighted by Crippen LogP contribution is 2.66. The molecule has 0 aromatic rings. The van der Waals surface area contributed by atoms with E-state index in [0.717, 1.165) is 38.5 Å². The summed E-state index contributed by atoms with van der Waals surface area (Å²) in [5.74, 6) is 1.34. The molecule has 25 heavy (non-hydrogen) atoms. The SMILES string of the molecule is [B]CC(=O)[C@H]1CCC2[C@@H]3CC[C@@H]4C[C@](C)(O)CC[C@]4(F)C3CC[C@@]21C. The van der Waals surface area contributed by atoms with Crippen molar-refractivity contribution in [3.63, 3.8) is 0 Å². The van der Waals surface area contributed by atoms with Crippen LogP contribution in [0.1, 0.15) is 71.6 Å². The van der Waals surface area contributed by atoms with Gasteiger partial charge in [-0.05, 0) is 100 Å². The number of fused-ring (bicyclic) bond motifs is 5. The first kappa shape index (κ1) is 18.0. The molecule has 4 aliphatic carbocycles. The van der Waals surface area contributed by atoms with Crippen molar-refractivity contribution in [3.05, 3.63) is 0 Å². The van der Waals surface area contributed by atoms with Crippen LogP contribution < -0.4 is 0 Å². The van der Waals surface area contributed by atoms with Gasteiger partial charge in [0, 0.05) is 5.92 Å². The summed E-state index contributed by atoms with van der Waals surface area (Å²) < 4.78 is 16.2. The molecule has 2 radical (unpaired) electrons. The number of rotatable bonds is 2. The van der Waals surface area contributed by atoms with E-state index in [4.69, 9.17) is 7.85 Å². The third-order valence-corrected chi connectivity index (χ3v) is 8.90. The molecule has 0 heterocycles. The molecule has 4 saturated carbocycles. The number of Topliss-reactive ketones (excluding diaryl/α,β-unsaturated/α-hetero) is 1. The lowest BCUT2D eigenvalue weighted by atomic mass is 9.47. The number of ketones is 1. The molecule has 0 aromatic carbocycles. The molecule has 2 nitrogen and oxygen atoms in total. The highest BCUT2D eigenvalue weighted by molar-refractivity contribution is 6.20. The van der Waals surface area contributed by atoms with Gasteiger partial charge >= 0.3 is 0 Å². The van der Waals surface area contributed by atoms with Crippen LogP contribution in [0, 0.1) is 35.0 Å². The second-order valence-corrected chi connectivity index (χ2v) is 10.1. The van der Waals surface area contributed by atoms with Gasteiger partial charge in [0.2, 0.25) is 0 Å². The molecular formula is C21H32BFO2. The van der Waals surface area contributed by atoms with E-state index >= 15 is 4.39 Å². The van der Waals surface area contributed by atoms with Gasteiger partial charge in [0.25, 0.3) is 0 Å². The molecule has 0 spiro atoms. The Labute approximate surface area is 152 Å². The molecule has 0 bridgehead atoms. The molecule has 138 valence electrons. The Kier molecular flexibility index (Phi) is 4.19. The zero-order chi connectivity index (χ0) is 18.0. The summed E-state index contributed by atoms with van der Waals surface area (Å²) in [4.78, 5) is 12.4. The second-order valence-electron chi connectivity index (χ2n) is 10.1. The van der Waals surface area contributed by atoms with Gasteiger partial charge in [-0.15, -0.1) is 0 Å². The van der Waals surface area contributed by atoms with Crippen LogP contribution in [0.25, 0.3) is 0 Å². The van der Waals surface area contributed by atoms with Gasteiger partial charge in [0.1, 0.15) is 11.5 Å². The molecule has 8 atom stereocenters. The minimum atomic E-state index is -1.09. The van der Waals surface area contributed by atoms with Crippen LogP contribution in [0.4, 0.5) is 4.39 Å². The van der Waals surface area contributed by atoms with Gasteiger partial charge in [-0.25, -0.2) is 4.39 Å². The van der Waals surface area contributed by atoms with Crippen molar-refractivity contribution in [3.8, 4) is 0 Å². The van der Waals surface area contributed by atoms with Crippen LogP contribution >= 0.6 is 0 Å². The highest BCUT2D eigenvalue weighted by Gasteiger charge is 2.63. The minimum absolute atomic E-state index is 0.0183. The molecule has 0 aromatic heterocycles. The summed E-state index contributed by atoms with van der Waals surface area (Å²) in [6.45, 7) is 4.15. The van der Waals surface area contributed by atoms with E-state index in [-0.39, 0.29) is 35.3 Å². The van der Waals surface area contributed by atoms with Crippen molar-refractivity contribution in [2.24, 2.45) is 35.0 Å². The summed E-state index contributed by atoms with van der Waals surface area (Å²) >= 11 is 0. The summed E-state index contributed by atoms with van der Waals surface area (Å²) in [7, 11) is 5.67. The number of carbonyl (C=O) groups excluding carboxylic acids is 1. The third kappa shape index (κ3) is 2.57. The molecule has 1 N–H and O–H groups in total. The maximum Gasteiger partial charge on any atom is 0.128 e. The topological polar surface area (TPSA) is 37.3 Å². The number of halogens is 1. The lowest BCUT2D eigenvalue weighted by Gasteiger charge is -2.59. The molecule has 4 heteroatoms. The summed E-state index contributed by atoms with van der Waals surface area (Å²) in [5.41, 5.74) is -1.76. The quantitative estimate of drug-likeness (QED) is 0.759. The maximum atomic E-state index is 16.2. The average Bonchev–Trinajstić information content (AvgIpc) is 2.92. The van der Waals surface area contributed by atoms with Crippen LogP contribution in [0.15, 0.2) is 0 Å². The van der Waals surface area contributed by atoms with Crippen molar-refractivity contribution in [1.29, 1.82) is 0 Å². The summed E-state index contributed by atoms with van der Waals surface area (Å²) in [6, 6.07) is 0. The van der Waals surface area contributed by atoms with Crippen LogP contribution in [0.2, 0.25) is 6.32 Å². The number of carbonyl (C=O) groups is 1. The first-order valence-electron chi connectivity index (χ1n) is 10.4. The molecule has 0 amide bonds. The predicted octanol–water partition coefficient (Wildman–Crippen LogP) is 4.25. The van der Waals surface area contributed by atoms with Crippen molar-refractivity contribution >= 4 is 13.6 Å². The molecule has 0 saturated heterocycles. The molecule has 4 rings (SSSR count). The Morgan fingerprint density at radius 3 is 2.56 bits per heavy atom. The smallest absolute Gasteiger partial charge is 0.128 e. The molecular weight excluding hydrogens is 314 g/mol. The largest absolute Gasteiger partial charge is 0.390 e. The van der Waals surface area contributed by atoms with E-state index in [1.54, 1.807) is 0 Å². The molecule has 0 aliphatic heterocycles.